The molecule has 0 saturated heterocycles. The summed E-state index contributed by atoms with van der Waals surface area (Å²) in [5.74, 6) is 0.352. The second kappa shape index (κ2) is 6.96. The lowest BCUT2D eigenvalue weighted by Crippen LogP contribution is -2.38. The molecule has 0 bridgehead atoms. The standard InChI is InChI=1S/C16H12ClFN2O3/c1-10-16(23)12(9-21)6-7-20(10)19-15(22)5-3-11-2-4-13(18)8-14(11)17/h2-8,23H,1H3,(H,19,22)/b5-3+. The fourth-order valence-corrected chi connectivity index (χ4v) is 2.04. The minimum Gasteiger partial charge on any atom is -0.505 e. The van der Waals surface area contributed by atoms with Gasteiger partial charge in [0.2, 0.25) is 0 Å². The summed E-state index contributed by atoms with van der Waals surface area (Å²) >= 11 is 5.85. The Morgan fingerprint density at radius 2 is 2.22 bits per heavy atom. The van der Waals surface area contributed by atoms with E-state index < -0.39 is 11.7 Å². The summed E-state index contributed by atoms with van der Waals surface area (Å²) in [7, 11) is 0. The highest BCUT2D eigenvalue weighted by molar-refractivity contribution is 6.32. The topological polar surface area (TPSA) is 69.6 Å². The van der Waals surface area contributed by atoms with Crippen LogP contribution in [0.25, 0.3) is 6.08 Å². The zero-order chi connectivity index (χ0) is 17.0. The molecule has 5 nitrogen and oxygen atoms in total. The van der Waals surface area contributed by atoms with Gasteiger partial charge in [0.1, 0.15) is 17.3 Å². The van der Waals surface area contributed by atoms with Gasteiger partial charge in [-0.05, 0) is 36.8 Å². The van der Waals surface area contributed by atoms with Gasteiger partial charge in [0.05, 0.1) is 10.7 Å². The van der Waals surface area contributed by atoms with E-state index in [1.54, 1.807) is 5.94 Å². The van der Waals surface area contributed by atoms with Crippen molar-refractivity contribution in [2.24, 2.45) is 0 Å². The first-order valence-electron chi connectivity index (χ1n) is 6.49. The molecule has 23 heavy (non-hydrogen) atoms. The van der Waals surface area contributed by atoms with E-state index in [0.29, 0.717) is 5.56 Å². The lowest BCUT2D eigenvalue weighted by Gasteiger charge is -2.24. The first kappa shape index (κ1) is 16.5. The Kier molecular flexibility index (Phi) is 5.01. The van der Waals surface area contributed by atoms with Crippen molar-refractivity contribution in [2.75, 3.05) is 0 Å². The number of hydrogen-bond donors (Lipinski definition) is 2. The van der Waals surface area contributed by atoms with Gasteiger partial charge in [-0.25, -0.2) is 9.18 Å². The molecule has 1 amide bonds. The molecule has 1 aromatic rings. The molecule has 118 valence electrons. The highest BCUT2D eigenvalue weighted by Gasteiger charge is 2.17. The number of allylic oxidation sites excluding steroid dienone is 2. The molecule has 0 spiro atoms. The third-order valence-corrected chi connectivity index (χ3v) is 3.39. The number of nitrogens with zero attached hydrogens (tertiary/aromatic N) is 1. The number of aliphatic hydroxyl groups excluding tert-OH is 1. The maximum absolute atomic E-state index is 12.9. The first-order valence-corrected chi connectivity index (χ1v) is 6.86. The van der Waals surface area contributed by atoms with Crippen molar-refractivity contribution >= 4 is 29.5 Å². The molecule has 0 unspecified atom stereocenters. The lowest BCUT2D eigenvalue weighted by atomic mass is 10.1. The molecule has 1 aromatic carbocycles. The summed E-state index contributed by atoms with van der Waals surface area (Å²) in [6.07, 6.45) is 5.37. The van der Waals surface area contributed by atoms with E-state index in [1.807, 2.05) is 0 Å². The van der Waals surface area contributed by atoms with Crippen molar-refractivity contribution in [3.8, 4) is 0 Å². The van der Waals surface area contributed by atoms with E-state index in [1.165, 1.54) is 48.5 Å². The van der Waals surface area contributed by atoms with Crippen LogP contribution in [0, 0.1) is 5.82 Å². The minimum absolute atomic E-state index is 0.00151. The third kappa shape index (κ3) is 3.88. The number of halogens is 2. The number of carbonyl (C=O) groups is 1. The van der Waals surface area contributed by atoms with Crippen molar-refractivity contribution < 1.29 is 19.1 Å². The quantitative estimate of drug-likeness (QED) is 0.658. The number of nitrogens with one attached hydrogen (secondary N) is 1. The van der Waals surface area contributed by atoms with Crippen LogP contribution in [0.5, 0.6) is 0 Å². The van der Waals surface area contributed by atoms with Crippen LogP contribution in [0.2, 0.25) is 5.02 Å². The zero-order valence-corrected chi connectivity index (χ0v) is 12.8. The lowest BCUT2D eigenvalue weighted by molar-refractivity contribution is -0.119. The molecule has 0 radical (unpaired) electrons. The fraction of sp³-hybridized carbons (Fsp3) is 0.0625. The fourth-order valence-electron chi connectivity index (χ4n) is 1.81. The predicted octanol–water partition coefficient (Wildman–Crippen LogP) is 2.90. The number of hydrazine groups is 1. The van der Waals surface area contributed by atoms with Gasteiger partial charge in [-0.3, -0.25) is 15.2 Å². The number of aliphatic hydroxyl groups is 1. The average Bonchev–Trinajstić information content (AvgIpc) is 2.51. The van der Waals surface area contributed by atoms with Crippen LogP contribution in [-0.2, 0) is 9.59 Å². The van der Waals surface area contributed by atoms with E-state index in [9.17, 15) is 19.1 Å². The molecule has 1 aliphatic heterocycles. The van der Waals surface area contributed by atoms with Crippen LogP contribution in [0.1, 0.15) is 12.5 Å². The van der Waals surface area contributed by atoms with Crippen molar-refractivity contribution in [3.63, 3.8) is 0 Å². The monoisotopic (exact) mass is 334 g/mol. The molecular weight excluding hydrogens is 323 g/mol. The molecule has 0 aliphatic carbocycles. The van der Waals surface area contributed by atoms with Crippen LogP contribution < -0.4 is 5.43 Å². The van der Waals surface area contributed by atoms with Crippen molar-refractivity contribution in [2.45, 2.75) is 6.92 Å². The number of rotatable bonds is 3. The van der Waals surface area contributed by atoms with Crippen LogP contribution in [-0.4, -0.2) is 22.0 Å². The Morgan fingerprint density at radius 3 is 2.87 bits per heavy atom. The number of carbonyl (C=O) groups excluding carboxylic acids is 2. The van der Waals surface area contributed by atoms with Gasteiger partial charge in [0.15, 0.2) is 5.76 Å². The maximum atomic E-state index is 12.9. The molecule has 7 heteroatoms. The Bertz CT molecular complexity index is 793. The zero-order valence-electron chi connectivity index (χ0n) is 12.0. The first-order chi connectivity index (χ1) is 10.9. The molecular formula is C16H12ClFN2O3. The van der Waals surface area contributed by atoms with Crippen LogP contribution in [0.4, 0.5) is 4.39 Å². The van der Waals surface area contributed by atoms with Gasteiger partial charge in [-0.1, -0.05) is 17.7 Å². The number of hydrogen-bond acceptors (Lipinski definition) is 4. The molecule has 0 saturated carbocycles. The summed E-state index contributed by atoms with van der Waals surface area (Å²) < 4.78 is 12.9. The Hall–Kier alpha value is -2.82. The van der Waals surface area contributed by atoms with Gasteiger partial charge < -0.3 is 5.11 Å². The molecule has 1 aliphatic rings. The smallest absolute Gasteiger partial charge is 0.262 e. The number of amides is 1. The average molecular weight is 335 g/mol. The maximum Gasteiger partial charge on any atom is 0.262 e. The molecule has 2 rings (SSSR count). The van der Waals surface area contributed by atoms with E-state index in [2.05, 4.69) is 5.43 Å². The summed E-state index contributed by atoms with van der Waals surface area (Å²) in [6, 6.07) is 3.82. The van der Waals surface area contributed by atoms with Gasteiger partial charge in [0, 0.05) is 12.3 Å². The van der Waals surface area contributed by atoms with E-state index in [0.717, 1.165) is 6.07 Å². The van der Waals surface area contributed by atoms with E-state index >= 15 is 0 Å². The summed E-state index contributed by atoms with van der Waals surface area (Å²) in [5, 5.41) is 11.2. The predicted molar refractivity (Wildman–Crippen MR) is 84.1 cm³/mol. The van der Waals surface area contributed by atoms with E-state index in [4.69, 9.17) is 11.6 Å². The van der Waals surface area contributed by atoms with E-state index in [-0.39, 0.29) is 22.1 Å². The van der Waals surface area contributed by atoms with Gasteiger partial charge in [-0.2, -0.15) is 0 Å². The highest BCUT2D eigenvalue weighted by atomic mass is 35.5. The van der Waals surface area contributed by atoms with Crippen molar-refractivity contribution in [1.29, 1.82) is 0 Å². The van der Waals surface area contributed by atoms with Crippen LogP contribution >= 0.6 is 11.6 Å². The Balaban J connectivity index is 2.08. The van der Waals surface area contributed by atoms with Crippen LogP contribution in [0.15, 0.2) is 53.6 Å². The van der Waals surface area contributed by atoms with Gasteiger partial charge in [-0.15, -0.1) is 0 Å². The molecule has 0 aromatic heterocycles. The molecule has 0 fully saturated rings. The normalized spacial score (nSPS) is 14.4. The van der Waals surface area contributed by atoms with Gasteiger partial charge in [0.25, 0.3) is 5.91 Å². The Labute approximate surface area is 136 Å². The van der Waals surface area contributed by atoms with Crippen molar-refractivity contribution in [3.05, 3.63) is 70.0 Å². The molecule has 2 N–H and O–H groups in total. The van der Waals surface area contributed by atoms with Gasteiger partial charge >= 0.3 is 0 Å². The van der Waals surface area contributed by atoms with Crippen LogP contribution in [0.3, 0.4) is 0 Å². The number of benzene rings is 1. The summed E-state index contributed by atoms with van der Waals surface area (Å²) in [6.45, 7) is 1.52. The minimum atomic E-state index is -0.499. The third-order valence-electron chi connectivity index (χ3n) is 3.07. The molecule has 1 heterocycles. The second-order valence-electron chi connectivity index (χ2n) is 4.61. The van der Waals surface area contributed by atoms with Crippen molar-refractivity contribution in [1.82, 2.24) is 10.4 Å². The Morgan fingerprint density at radius 1 is 1.48 bits per heavy atom. The SMILES string of the molecule is CC1=C(O)C(=C=O)C=CN1NC(=O)/C=C/c1ccc(F)cc1Cl. The summed E-state index contributed by atoms with van der Waals surface area (Å²) in [5.41, 5.74) is 3.24. The highest BCUT2D eigenvalue weighted by Crippen LogP contribution is 2.20. The summed E-state index contributed by atoms with van der Waals surface area (Å²) in [4.78, 5) is 22.5. The largest absolute Gasteiger partial charge is 0.505 e. The molecule has 0 atom stereocenters. The second-order valence-corrected chi connectivity index (χ2v) is 5.02.